The van der Waals surface area contributed by atoms with Gasteiger partial charge in [0.1, 0.15) is 5.76 Å². The summed E-state index contributed by atoms with van der Waals surface area (Å²) in [6.07, 6.45) is 9.19. The summed E-state index contributed by atoms with van der Waals surface area (Å²) >= 11 is 0. The van der Waals surface area contributed by atoms with Crippen LogP contribution in [0.25, 0.3) is 5.76 Å². The summed E-state index contributed by atoms with van der Waals surface area (Å²) in [5.74, 6) is -1.42. The zero-order valence-corrected chi connectivity index (χ0v) is 17.5. The minimum absolute atomic E-state index is 0.106. The SMILES string of the molecule is Cc1ccc(C)c(/C(O)=C2/C(=O)C(=O)N(CCCn3ccnc3)C2c2cccnc2)c1. The van der Waals surface area contributed by atoms with Crippen molar-refractivity contribution >= 4 is 17.4 Å². The van der Waals surface area contributed by atoms with E-state index in [4.69, 9.17) is 0 Å². The molecule has 4 rings (SSSR count). The predicted molar refractivity (Wildman–Crippen MR) is 116 cm³/mol. The Morgan fingerprint density at radius 3 is 2.65 bits per heavy atom. The summed E-state index contributed by atoms with van der Waals surface area (Å²) < 4.78 is 1.92. The second-order valence-electron chi connectivity index (χ2n) is 7.75. The van der Waals surface area contributed by atoms with E-state index in [0.29, 0.717) is 30.6 Å². The first-order chi connectivity index (χ1) is 15.0. The van der Waals surface area contributed by atoms with E-state index < -0.39 is 17.7 Å². The fourth-order valence-corrected chi connectivity index (χ4v) is 3.97. The number of amides is 1. The summed E-state index contributed by atoms with van der Waals surface area (Å²) in [6, 6.07) is 8.57. The molecular formula is C24H24N4O3. The molecular weight excluding hydrogens is 392 g/mol. The van der Waals surface area contributed by atoms with Crippen LogP contribution in [0.4, 0.5) is 0 Å². The lowest BCUT2D eigenvalue weighted by Gasteiger charge is -2.25. The molecule has 0 saturated carbocycles. The first-order valence-electron chi connectivity index (χ1n) is 10.2. The van der Waals surface area contributed by atoms with Crippen molar-refractivity contribution in [2.45, 2.75) is 32.9 Å². The average molecular weight is 416 g/mol. The van der Waals surface area contributed by atoms with Gasteiger partial charge in [-0.05, 0) is 43.5 Å². The smallest absolute Gasteiger partial charge is 0.295 e. The van der Waals surface area contributed by atoms with Crippen molar-refractivity contribution in [2.75, 3.05) is 6.54 Å². The highest BCUT2D eigenvalue weighted by Gasteiger charge is 2.46. The molecule has 7 nitrogen and oxygen atoms in total. The standard InChI is InChI=1S/C24H24N4O3/c1-16-6-7-17(2)19(13-16)22(29)20-21(18-5-3-8-25-14-18)28(24(31)23(20)30)11-4-10-27-12-9-26-15-27/h3,5-9,12-15,21,29H,4,10-11H2,1-2H3/b22-20-. The van der Waals surface area contributed by atoms with E-state index in [1.807, 2.05) is 48.9 Å². The second kappa shape index (κ2) is 8.55. The van der Waals surface area contributed by atoms with Crippen molar-refractivity contribution in [3.8, 4) is 0 Å². The molecule has 1 amide bonds. The number of nitrogens with zero attached hydrogens (tertiary/aromatic N) is 4. The number of Topliss-reactive ketones (excluding diaryl/α,β-unsaturated/α-hetero) is 1. The molecule has 2 aromatic heterocycles. The van der Waals surface area contributed by atoms with E-state index in [0.717, 1.165) is 11.1 Å². The quantitative estimate of drug-likeness (QED) is 0.378. The fourth-order valence-electron chi connectivity index (χ4n) is 3.97. The summed E-state index contributed by atoms with van der Waals surface area (Å²) in [5, 5.41) is 11.2. The van der Waals surface area contributed by atoms with Gasteiger partial charge in [0.25, 0.3) is 11.7 Å². The lowest BCUT2D eigenvalue weighted by molar-refractivity contribution is -0.139. The number of rotatable bonds is 6. The lowest BCUT2D eigenvalue weighted by atomic mass is 9.94. The number of hydrogen-bond acceptors (Lipinski definition) is 5. The summed E-state index contributed by atoms with van der Waals surface area (Å²) in [5.41, 5.74) is 3.15. The van der Waals surface area contributed by atoms with E-state index >= 15 is 0 Å². The first-order valence-corrected chi connectivity index (χ1v) is 10.2. The zero-order chi connectivity index (χ0) is 22.0. The van der Waals surface area contributed by atoms with Crippen LogP contribution in [0, 0.1) is 13.8 Å². The van der Waals surface area contributed by atoms with Crippen molar-refractivity contribution in [3.05, 3.63) is 89.3 Å². The zero-order valence-electron chi connectivity index (χ0n) is 17.5. The van der Waals surface area contributed by atoms with Gasteiger partial charge in [0.15, 0.2) is 0 Å². The molecule has 0 spiro atoms. The summed E-state index contributed by atoms with van der Waals surface area (Å²) in [6.45, 7) is 4.82. The van der Waals surface area contributed by atoms with E-state index in [-0.39, 0.29) is 11.3 Å². The largest absolute Gasteiger partial charge is 0.507 e. The fraction of sp³-hybridized carbons (Fsp3) is 0.250. The summed E-state index contributed by atoms with van der Waals surface area (Å²) in [4.78, 5) is 35.8. The maximum Gasteiger partial charge on any atom is 0.295 e. The van der Waals surface area contributed by atoms with Crippen LogP contribution in [0.3, 0.4) is 0 Å². The van der Waals surface area contributed by atoms with Crippen molar-refractivity contribution in [3.63, 3.8) is 0 Å². The third-order valence-corrected chi connectivity index (χ3v) is 5.56. The number of carbonyl (C=O) groups excluding carboxylic acids is 2. The van der Waals surface area contributed by atoms with Gasteiger partial charge in [0.05, 0.1) is 17.9 Å². The number of benzene rings is 1. The average Bonchev–Trinajstić information content (AvgIpc) is 3.38. The Balaban J connectivity index is 1.75. The molecule has 1 aliphatic rings. The number of aryl methyl sites for hydroxylation is 3. The topological polar surface area (TPSA) is 88.3 Å². The molecule has 1 aromatic carbocycles. The molecule has 3 heterocycles. The van der Waals surface area contributed by atoms with Crippen LogP contribution in [0.1, 0.15) is 34.7 Å². The van der Waals surface area contributed by atoms with E-state index in [1.165, 1.54) is 4.90 Å². The number of hydrogen-bond donors (Lipinski definition) is 1. The third-order valence-electron chi connectivity index (χ3n) is 5.56. The molecule has 1 fully saturated rings. The molecule has 158 valence electrons. The Bertz CT molecular complexity index is 1140. The Labute approximate surface area is 180 Å². The maximum atomic E-state index is 13.1. The molecule has 0 bridgehead atoms. The molecule has 7 heteroatoms. The highest BCUT2D eigenvalue weighted by atomic mass is 16.3. The van der Waals surface area contributed by atoms with E-state index in [9.17, 15) is 14.7 Å². The van der Waals surface area contributed by atoms with Crippen LogP contribution >= 0.6 is 0 Å². The molecule has 31 heavy (non-hydrogen) atoms. The van der Waals surface area contributed by atoms with Gasteiger partial charge in [-0.1, -0.05) is 23.8 Å². The number of pyridine rings is 1. The first kappa shape index (κ1) is 20.5. The molecule has 0 radical (unpaired) electrons. The Morgan fingerprint density at radius 2 is 1.94 bits per heavy atom. The van der Waals surface area contributed by atoms with Crippen molar-refractivity contribution in [1.82, 2.24) is 19.4 Å². The van der Waals surface area contributed by atoms with Crippen LogP contribution in [-0.4, -0.2) is 42.8 Å². The molecule has 1 saturated heterocycles. The number of imidazole rings is 1. The molecule has 1 unspecified atom stereocenters. The Kier molecular flexibility index (Phi) is 5.66. The van der Waals surface area contributed by atoms with Gasteiger partial charge < -0.3 is 14.6 Å². The summed E-state index contributed by atoms with van der Waals surface area (Å²) in [7, 11) is 0. The minimum atomic E-state index is -0.684. The number of ketones is 1. The highest BCUT2D eigenvalue weighted by Crippen LogP contribution is 2.39. The normalized spacial score (nSPS) is 18.0. The molecule has 0 aliphatic carbocycles. The van der Waals surface area contributed by atoms with Gasteiger partial charge in [-0.15, -0.1) is 0 Å². The number of aliphatic hydroxyl groups excluding tert-OH is 1. The van der Waals surface area contributed by atoms with Gasteiger partial charge in [0.2, 0.25) is 0 Å². The molecule has 1 N–H and O–H groups in total. The third kappa shape index (κ3) is 3.99. The highest BCUT2D eigenvalue weighted by molar-refractivity contribution is 6.46. The molecule has 3 aromatic rings. The van der Waals surface area contributed by atoms with Crippen molar-refractivity contribution < 1.29 is 14.7 Å². The van der Waals surface area contributed by atoms with Crippen LogP contribution in [0.2, 0.25) is 0 Å². The second-order valence-corrected chi connectivity index (χ2v) is 7.75. The van der Waals surface area contributed by atoms with E-state index in [2.05, 4.69) is 9.97 Å². The van der Waals surface area contributed by atoms with Crippen molar-refractivity contribution in [2.24, 2.45) is 0 Å². The molecule has 1 aliphatic heterocycles. The van der Waals surface area contributed by atoms with Crippen LogP contribution in [0.5, 0.6) is 0 Å². The van der Waals surface area contributed by atoms with Gasteiger partial charge in [-0.25, -0.2) is 4.98 Å². The number of aliphatic hydroxyl groups is 1. The van der Waals surface area contributed by atoms with Crippen LogP contribution in [-0.2, 0) is 16.1 Å². The minimum Gasteiger partial charge on any atom is -0.507 e. The Morgan fingerprint density at radius 1 is 1.10 bits per heavy atom. The van der Waals surface area contributed by atoms with Gasteiger partial charge >= 0.3 is 0 Å². The maximum absolute atomic E-state index is 13.1. The number of likely N-dealkylation sites (tertiary alicyclic amines) is 1. The Hall–Kier alpha value is -3.74. The predicted octanol–water partition coefficient (Wildman–Crippen LogP) is 3.41. The van der Waals surface area contributed by atoms with Crippen molar-refractivity contribution in [1.29, 1.82) is 0 Å². The molecule has 1 atom stereocenters. The monoisotopic (exact) mass is 416 g/mol. The number of carbonyl (C=O) groups is 2. The van der Waals surface area contributed by atoms with E-state index in [1.54, 1.807) is 31.0 Å². The lowest BCUT2D eigenvalue weighted by Crippen LogP contribution is -2.31. The van der Waals surface area contributed by atoms with Gasteiger partial charge in [0, 0.05) is 43.4 Å². The van der Waals surface area contributed by atoms with Gasteiger partial charge in [-0.2, -0.15) is 0 Å². The number of aromatic nitrogens is 3. The van der Waals surface area contributed by atoms with Crippen LogP contribution < -0.4 is 0 Å². The van der Waals surface area contributed by atoms with Gasteiger partial charge in [-0.3, -0.25) is 14.6 Å². The van der Waals surface area contributed by atoms with Crippen LogP contribution in [0.15, 0.2) is 67.0 Å².